The maximum atomic E-state index is 12.1. The topological polar surface area (TPSA) is 149 Å². The van der Waals surface area contributed by atoms with Gasteiger partial charge >= 0.3 is 0 Å². The molecule has 9 nitrogen and oxygen atoms in total. The third-order valence-corrected chi connectivity index (χ3v) is 15.5. The Morgan fingerprint density at radius 1 is 0.750 bits per heavy atom. The minimum absolute atomic E-state index is 0.00753. The highest BCUT2D eigenvalue weighted by molar-refractivity contribution is 5.33. The first-order chi connectivity index (χ1) is 20.3. The molecule has 2 spiro atoms. The van der Waals surface area contributed by atoms with Crippen LogP contribution in [-0.2, 0) is 14.2 Å². The van der Waals surface area contributed by atoms with Gasteiger partial charge in [-0.3, -0.25) is 0 Å². The molecule has 2 heterocycles. The predicted octanol–water partition coefficient (Wildman–Crippen LogP) is 2.90. The highest BCUT2D eigenvalue weighted by atomic mass is 16.7. The van der Waals surface area contributed by atoms with E-state index in [1.54, 1.807) is 0 Å². The first-order valence-electron chi connectivity index (χ1n) is 17.4. The number of rotatable bonds is 4. The van der Waals surface area contributed by atoms with Crippen molar-refractivity contribution in [1.82, 2.24) is 0 Å². The average Bonchev–Trinajstić information content (AvgIpc) is 3.27. The highest BCUT2D eigenvalue weighted by Gasteiger charge is 2.85. The van der Waals surface area contributed by atoms with Crippen molar-refractivity contribution in [2.45, 2.75) is 166 Å². The largest absolute Gasteiger partial charge is 0.393 e. The smallest absolute Gasteiger partial charge is 0.186 e. The van der Waals surface area contributed by atoms with Crippen LogP contribution >= 0.6 is 0 Å². The lowest BCUT2D eigenvalue weighted by Crippen LogP contribution is -2.63. The zero-order valence-corrected chi connectivity index (χ0v) is 27.8. The molecule has 0 bridgehead atoms. The summed E-state index contributed by atoms with van der Waals surface area (Å²) in [6, 6.07) is 0. The number of fused-ring (bicyclic) bond motifs is 2. The third kappa shape index (κ3) is 3.97. The summed E-state index contributed by atoms with van der Waals surface area (Å²) in [5, 5.41) is 65.5. The van der Waals surface area contributed by atoms with E-state index in [4.69, 9.17) is 14.2 Å². The first-order valence-corrected chi connectivity index (χ1v) is 17.4. The summed E-state index contributed by atoms with van der Waals surface area (Å²) < 4.78 is 18.7. The molecule has 7 rings (SSSR count). The van der Waals surface area contributed by atoms with Crippen molar-refractivity contribution in [3.05, 3.63) is 0 Å². The van der Waals surface area contributed by atoms with E-state index in [1.165, 1.54) is 0 Å². The lowest BCUT2D eigenvalue weighted by Gasteiger charge is -2.64. The second-order valence-electron chi connectivity index (χ2n) is 18.3. The number of ether oxygens (including phenoxy) is 3. The van der Waals surface area contributed by atoms with E-state index in [-0.39, 0.29) is 52.3 Å². The van der Waals surface area contributed by atoms with Crippen molar-refractivity contribution in [2.24, 2.45) is 44.8 Å². The van der Waals surface area contributed by atoms with Gasteiger partial charge in [0, 0.05) is 5.92 Å². The Labute approximate surface area is 262 Å². The Balaban J connectivity index is 1.15. The molecule has 7 fully saturated rings. The molecule has 5 aliphatic carbocycles. The Kier molecular flexibility index (Phi) is 7.04. The standard InChI is InChI=1S/C35H58O9/c1-29(2)22(43-28-25(40)24(39)20(38)16-42-28)9-11-35-17-34(35)13-12-31(5)27(33(7)10-8-23(44-33)30(3,4)41)19(37)15-32(31,6)21(34)14-18(36)26(29)35/h18-28,36-41H,8-17H2,1-7H3/t18-,19-,20+,21-,22-,23+,24-,25+,26+,27-,28-,31+,32-,33-,34-,35+/m0/s1. The first kappa shape index (κ1) is 32.2. The molecule has 0 aromatic rings. The molecule has 0 aromatic heterocycles. The second kappa shape index (κ2) is 9.63. The van der Waals surface area contributed by atoms with Crippen LogP contribution in [0.3, 0.4) is 0 Å². The normalized spacial score (nSPS) is 59.8. The SMILES string of the molecule is CC(C)(O)[C@H]1CC[C@@](C)([C@H]2[C@@H](O)C[C@@]3(C)[C@@H]4C[C@H](O)[C@@H]5C(C)(C)[C@@H](O[C@@H]6OC[C@@H](O)[C@H](O)[C@H]6O)CC[C@@]56C[C@@]46CC[C@]23C)O1. The number of aliphatic hydroxyl groups excluding tert-OH is 5. The van der Waals surface area contributed by atoms with Gasteiger partial charge in [-0.15, -0.1) is 0 Å². The van der Waals surface area contributed by atoms with Crippen molar-refractivity contribution >= 4 is 0 Å². The third-order valence-electron chi connectivity index (χ3n) is 15.5. The van der Waals surface area contributed by atoms with Crippen LogP contribution in [0.15, 0.2) is 0 Å². The van der Waals surface area contributed by atoms with Crippen molar-refractivity contribution < 1.29 is 44.8 Å². The Hall–Kier alpha value is -0.360. The molecule has 2 aliphatic heterocycles. The van der Waals surface area contributed by atoms with Gasteiger partial charge in [-0.1, -0.05) is 27.7 Å². The fraction of sp³-hybridized carbons (Fsp3) is 1.00. The Morgan fingerprint density at radius 3 is 2.11 bits per heavy atom. The van der Waals surface area contributed by atoms with Crippen molar-refractivity contribution in [3.8, 4) is 0 Å². The summed E-state index contributed by atoms with van der Waals surface area (Å²) in [4.78, 5) is 0. The summed E-state index contributed by atoms with van der Waals surface area (Å²) in [6.45, 7) is 14.8. The number of hydrogen-bond donors (Lipinski definition) is 6. The summed E-state index contributed by atoms with van der Waals surface area (Å²) in [6.07, 6.45) is 1.57. The van der Waals surface area contributed by atoms with Gasteiger partial charge in [-0.2, -0.15) is 0 Å². The molecule has 0 unspecified atom stereocenters. The van der Waals surface area contributed by atoms with Crippen LogP contribution in [0.1, 0.15) is 106 Å². The molecule has 6 N–H and O–H groups in total. The fourth-order valence-electron chi connectivity index (χ4n) is 13.4. The van der Waals surface area contributed by atoms with Crippen LogP contribution in [0, 0.1) is 44.8 Å². The molecular formula is C35H58O9. The van der Waals surface area contributed by atoms with E-state index in [0.29, 0.717) is 18.8 Å². The van der Waals surface area contributed by atoms with Crippen molar-refractivity contribution in [2.75, 3.05) is 6.61 Å². The molecule has 9 heteroatoms. The van der Waals surface area contributed by atoms with Gasteiger partial charge in [0.25, 0.3) is 0 Å². The molecule has 2 saturated heterocycles. The van der Waals surface area contributed by atoms with E-state index >= 15 is 0 Å². The van der Waals surface area contributed by atoms with Gasteiger partial charge in [-0.05, 0) is 117 Å². The molecule has 7 aliphatic rings. The lowest BCUT2D eigenvalue weighted by atomic mass is 9.41. The van der Waals surface area contributed by atoms with Gasteiger partial charge in [0.1, 0.15) is 18.3 Å². The number of hydrogen-bond acceptors (Lipinski definition) is 9. The molecule has 44 heavy (non-hydrogen) atoms. The summed E-state index contributed by atoms with van der Waals surface area (Å²) in [7, 11) is 0. The van der Waals surface area contributed by atoms with Crippen LogP contribution in [0.4, 0.5) is 0 Å². The van der Waals surface area contributed by atoms with Gasteiger partial charge in [0.05, 0.1) is 42.2 Å². The predicted molar refractivity (Wildman–Crippen MR) is 161 cm³/mol. The minimum Gasteiger partial charge on any atom is -0.393 e. The minimum atomic E-state index is -1.33. The molecule has 0 aromatic carbocycles. The molecular weight excluding hydrogens is 564 g/mol. The molecule has 252 valence electrons. The highest BCUT2D eigenvalue weighted by Crippen LogP contribution is 2.89. The Bertz CT molecular complexity index is 1160. The maximum absolute atomic E-state index is 12.1. The molecule has 0 radical (unpaired) electrons. The van der Waals surface area contributed by atoms with E-state index < -0.39 is 53.4 Å². The van der Waals surface area contributed by atoms with Crippen LogP contribution in [0.25, 0.3) is 0 Å². The summed E-state index contributed by atoms with van der Waals surface area (Å²) in [5.41, 5.74) is -2.01. The van der Waals surface area contributed by atoms with Crippen molar-refractivity contribution in [3.63, 3.8) is 0 Å². The van der Waals surface area contributed by atoms with Gasteiger partial charge in [0.2, 0.25) is 0 Å². The van der Waals surface area contributed by atoms with E-state index in [9.17, 15) is 30.6 Å². The zero-order chi connectivity index (χ0) is 32.0. The average molecular weight is 623 g/mol. The number of aliphatic hydroxyl groups is 6. The summed E-state index contributed by atoms with van der Waals surface area (Å²) in [5.74, 6) is 0.285. The van der Waals surface area contributed by atoms with E-state index in [0.717, 1.165) is 44.9 Å². The molecule has 0 amide bonds. The molecule has 16 atom stereocenters. The fourth-order valence-corrected chi connectivity index (χ4v) is 13.4. The maximum Gasteiger partial charge on any atom is 0.186 e. The quantitative estimate of drug-likeness (QED) is 0.260. The monoisotopic (exact) mass is 622 g/mol. The van der Waals surface area contributed by atoms with Crippen LogP contribution in [-0.4, -0.2) is 97.5 Å². The zero-order valence-electron chi connectivity index (χ0n) is 27.8. The molecule has 5 saturated carbocycles. The van der Waals surface area contributed by atoms with Gasteiger partial charge in [-0.25, -0.2) is 0 Å². The Morgan fingerprint density at radius 2 is 1.45 bits per heavy atom. The van der Waals surface area contributed by atoms with Gasteiger partial charge in [0.15, 0.2) is 6.29 Å². The van der Waals surface area contributed by atoms with Crippen LogP contribution in [0.5, 0.6) is 0 Å². The van der Waals surface area contributed by atoms with Gasteiger partial charge < -0.3 is 44.8 Å². The lowest BCUT2D eigenvalue weighted by molar-refractivity contribution is -0.306. The van der Waals surface area contributed by atoms with E-state index in [1.807, 2.05) is 13.8 Å². The second-order valence-corrected chi connectivity index (χ2v) is 18.3. The van der Waals surface area contributed by atoms with E-state index in [2.05, 4.69) is 34.6 Å². The van der Waals surface area contributed by atoms with Crippen molar-refractivity contribution in [1.29, 1.82) is 0 Å². The summed E-state index contributed by atoms with van der Waals surface area (Å²) >= 11 is 0. The van der Waals surface area contributed by atoms with Crippen LogP contribution < -0.4 is 0 Å². The van der Waals surface area contributed by atoms with Crippen LogP contribution in [0.2, 0.25) is 0 Å².